The summed E-state index contributed by atoms with van der Waals surface area (Å²) in [6, 6.07) is 6.75. The number of hydrogen-bond donors (Lipinski definition) is 1. The summed E-state index contributed by atoms with van der Waals surface area (Å²) in [4.78, 5) is 0. The molecule has 90 valence electrons. The second-order valence-electron chi connectivity index (χ2n) is 3.80. The number of nitrogens with two attached hydrogens (primary N) is 1. The average molecular weight is 246 g/mol. The van der Waals surface area contributed by atoms with Gasteiger partial charge in [0, 0.05) is 12.1 Å². The normalized spacial score (nSPS) is 14.8. The van der Waals surface area contributed by atoms with Crippen LogP contribution in [0.25, 0.3) is 0 Å². The van der Waals surface area contributed by atoms with E-state index in [-0.39, 0.29) is 6.61 Å². The molecule has 2 N–H and O–H groups in total. The van der Waals surface area contributed by atoms with Gasteiger partial charge in [0.05, 0.1) is 6.61 Å². The smallest absolute Gasteiger partial charge is 0.159 e. The van der Waals surface area contributed by atoms with Gasteiger partial charge in [0.2, 0.25) is 0 Å². The minimum atomic E-state index is -1.47. The van der Waals surface area contributed by atoms with Crippen LogP contribution in [0, 0.1) is 0 Å². The summed E-state index contributed by atoms with van der Waals surface area (Å²) in [6.07, 6.45) is 0.988. The van der Waals surface area contributed by atoms with Crippen molar-refractivity contribution in [2.75, 3.05) is 20.3 Å². The number of alkyl halides is 1. The van der Waals surface area contributed by atoms with Crippen LogP contribution in [0.15, 0.2) is 24.3 Å². The number of methoxy groups -OCH3 is 1. The van der Waals surface area contributed by atoms with Crippen molar-refractivity contribution < 1.29 is 9.13 Å². The van der Waals surface area contributed by atoms with Gasteiger partial charge < -0.3 is 10.5 Å². The number of ether oxygens (including phenoxy) is 1. The molecule has 1 aromatic carbocycles. The zero-order chi connectivity index (χ0) is 12.0. The summed E-state index contributed by atoms with van der Waals surface area (Å²) in [7, 11) is 1.49. The molecule has 0 radical (unpaired) electrons. The van der Waals surface area contributed by atoms with Crippen LogP contribution < -0.4 is 5.73 Å². The van der Waals surface area contributed by atoms with Crippen molar-refractivity contribution in [2.45, 2.75) is 18.5 Å². The van der Waals surface area contributed by atoms with Gasteiger partial charge >= 0.3 is 0 Å². The summed E-state index contributed by atoms with van der Waals surface area (Å²) in [5.74, 6) is 0. The van der Waals surface area contributed by atoms with Crippen molar-refractivity contribution in [3.8, 4) is 0 Å². The maximum absolute atomic E-state index is 14.6. The molecule has 0 spiro atoms. The summed E-state index contributed by atoms with van der Waals surface area (Å²) in [5.41, 5.74) is 4.52. The first-order valence-electron chi connectivity index (χ1n) is 5.26. The minimum Gasteiger partial charge on any atom is -0.381 e. The first-order chi connectivity index (χ1) is 7.62. The third-order valence-corrected chi connectivity index (χ3v) is 2.76. The van der Waals surface area contributed by atoms with Crippen LogP contribution in [-0.2, 0) is 10.4 Å². The molecule has 0 saturated heterocycles. The Balaban J connectivity index is 2.86. The van der Waals surface area contributed by atoms with Crippen LogP contribution in [0.4, 0.5) is 4.39 Å². The van der Waals surface area contributed by atoms with Crippen molar-refractivity contribution in [1.29, 1.82) is 0 Å². The second-order valence-corrected chi connectivity index (χ2v) is 4.23. The van der Waals surface area contributed by atoms with Gasteiger partial charge in [-0.15, -0.1) is 0 Å². The van der Waals surface area contributed by atoms with Gasteiger partial charge in [-0.25, -0.2) is 4.39 Å². The summed E-state index contributed by atoms with van der Waals surface area (Å²) in [5, 5.41) is 0.599. The zero-order valence-electron chi connectivity index (χ0n) is 9.38. The molecular formula is C12H17ClFNO. The van der Waals surface area contributed by atoms with Crippen molar-refractivity contribution in [3.63, 3.8) is 0 Å². The molecule has 0 aromatic heterocycles. The zero-order valence-corrected chi connectivity index (χ0v) is 10.1. The molecule has 0 amide bonds. The van der Waals surface area contributed by atoms with Crippen LogP contribution in [0.3, 0.4) is 0 Å². The fourth-order valence-corrected chi connectivity index (χ4v) is 1.79. The van der Waals surface area contributed by atoms with Gasteiger partial charge in [0.1, 0.15) is 0 Å². The maximum Gasteiger partial charge on any atom is 0.159 e. The molecule has 0 fully saturated rings. The van der Waals surface area contributed by atoms with Gasteiger partial charge in [-0.2, -0.15) is 0 Å². The largest absolute Gasteiger partial charge is 0.381 e. The lowest BCUT2D eigenvalue weighted by molar-refractivity contribution is 0.0304. The molecular weight excluding hydrogens is 229 g/mol. The van der Waals surface area contributed by atoms with E-state index in [1.165, 1.54) is 7.11 Å². The van der Waals surface area contributed by atoms with Crippen LogP contribution in [0.5, 0.6) is 0 Å². The third-order valence-electron chi connectivity index (χ3n) is 2.51. The Labute approximate surface area is 101 Å². The lowest BCUT2D eigenvalue weighted by Crippen LogP contribution is -2.27. The Bertz CT molecular complexity index is 317. The van der Waals surface area contributed by atoms with E-state index in [0.29, 0.717) is 30.0 Å². The average Bonchev–Trinajstić information content (AvgIpc) is 2.27. The Morgan fingerprint density at radius 1 is 1.38 bits per heavy atom. The molecule has 2 nitrogen and oxygen atoms in total. The van der Waals surface area contributed by atoms with E-state index >= 15 is 0 Å². The van der Waals surface area contributed by atoms with E-state index in [4.69, 9.17) is 22.1 Å². The highest BCUT2D eigenvalue weighted by atomic mass is 35.5. The summed E-state index contributed by atoms with van der Waals surface area (Å²) in [6.45, 7) is 0.512. The van der Waals surface area contributed by atoms with E-state index in [1.807, 2.05) is 0 Å². The number of rotatable bonds is 6. The predicted molar refractivity (Wildman–Crippen MR) is 64.4 cm³/mol. The van der Waals surface area contributed by atoms with Crippen molar-refractivity contribution in [2.24, 2.45) is 5.73 Å². The molecule has 1 unspecified atom stereocenters. The standard InChI is InChI=1S/C12H17ClFNO/c1-16-9-12(14,7-2-8-15)10-3-5-11(13)6-4-10/h3-6H,2,7-9,15H2,1H3. The molecule has 0 saturated carbocycles. The molecule has 1 rings (SSSR count). The van der Waals surface area contributed by atoms with Crippen molar-refractivity contribution in [3.05, 3.63) is 34.9 Å². The monoisotopic (exact) mass is 245 g/mol. The van der Waals surface area contributed by atoms with Crippen molar-refractivity contribution >= 4 is 11.6 Å². The topological polar surface area (TPSA) is 35.2 Å². The van der Waals surface area contributed by atoms with Gasteiger partial charge in [-0.05, 0) is 37.1 Å². The minimum absolute atomic E-state index is 0.0363. The fourth-order valence-electron chi connectivity index (χ4n) is 1.66. The third kappa shape index (κ3) is 3.44. The Kier molecular flexibility index (Phi) is 5.19. The molecule has 4 heteroatoms. The van der Waals surface area contributed by atoms with Crippen LogP contribution in [0.1, 0.15) is 18.4 Å². The van der Waals surface area contributed by atoms with E-state index in [0.717, 1.165) is 0 Å². The van der Waals surface area contributed by atoms with Crippen molar-refractivity contribution in [1.82, 2.24) is 0 Å². The number of halogens is 2. The number of benzene rings is 1. The highest BCUT2D eigenvalue weighted by Crippen LogP contribution is 2.32. The van der Waals surface area contributed by atoms with E-state index in [9.17, 15) is 4.39 Å². The molecule has 16 heavy (non-hydrogen) atoms. The quantitative estimate of drug-likeness (QED) is 0.837. The highest BCUT2D eigenvalue weighted by molar-refractivity contribution is 6.30. The molecule has 0 heterocycles. The van der Waals surface area contributed by atoms with E-state index in [2.05, 4.69) is 0 Å². The first-order valence-corrected chi connectivity index (χ1v) is 5.64. The van der Waals surface area contributed by atoms with E-state index in [1.54, 1.807) is 24.3 Å². The highest BCUT2D eigenvalue weighted by Gasteiger charge is 2.31. The second kappa shape index (κ2) is 6.18. The molecule has 0 aliphatic heterocycles. The first kappa shape index (κ1) is 13.4. The van der Waals surface area contributed by atoms with E-state index < -0.39 is 5.67 Å². The Hall–Kier alpha value is -0.640. The van der Waals surface area contributed by atoms with Crippen LogP contribution >= 0.6 is 11.6 Å². The van der Waals surface area contributed by atoms with Gasteiger partial charge in [-0.1, -0.05) is 23.7 Å². The summed E-state index contributed by atoms with van der Waals surface area (Å²) < 4.78 is 19.6. The maximum atomic E-state index is 14.6. The number of hydrogen-bond acceptors (Lipinski definition) is 2. The molecule has 0 aliphatic rings. The molecule has 0 bridgehead atoms. The molecule has 0 aliphatic carbocycles. The van der Waals surface area contributed by atoms with Crippen LogP contribution in [-0.4, -0.2) is 20.3 Å². The lowest BCUT2D eigenvalue weighted by atomic mass is 9.91. The fraction of sp³-hybridized carbons (Fsp3) is 0.500. The Morgan fingerprint density at radius 3 is 2.50 bits per heavy atom. The van der Waals surface area contributed by atoms with Gasteiger partial charge in [0.25, 0.3) is 0 Å². The summed E-state index contributed by atoms with van der Waals surface area (Å²) >= 11 is 5.77. The Morgan fingerprint density at radius 2 is 2.00 bits per heavy atom. The molecule has 1 atom stereocenters. The van der Waals surface area contributed by atoms with Gasteiger partial charge in [-0.3, -0.25) is 0 Å². The SMILES string of the molecule is COCC(F)(CCCN)c1ccc(Cl)cc1. The lowest BCUT2D eigenvalue weighted by Gasteiger charge is -2.25. The van der Waals surface area contributed by atoms with Crippen LogP contribution in [0.2, 0.25) is 5.02 Å². The predicted octanol–water partition coefficient (Wildman–Crippen LogP) is 2.89. The molecule has 1 aromatic rings. The van der Waals surface area contributed by atoms with Gasteiger partial charge in [0.15, 0.2) is 5.67 Å².